The minimum Gasteiger partial charge on any atom is -0.374 e. The quantitative estimate of drug-likeness (QED) is 0.777. The molecule has 1 N–H and O–H groups in total. The van der Waals surface area contributed by atoms with Crippen LogP contribution < -0.4 is 5.32 Å². The molecule has 0 amide bonds. The number of likely N-dealkylation sites (N-methyl/N-ethyl adjacent to an activating group) is 1. The molecular formula is C13H24N2O. The lowest BCUT2D eigenvalue weighted by Crippen LogP contribution is -2.53. The molecule has 1 aliphatic carbocycles. The molecule has 3 unspecified atom stereocenters. The average Bonchev–Trinajstić information content (AvgIpc) is 3.01. The molecule has 0 radical (unpaired) electrons. The molecule has 3 nitrogen and oxygen atoms in total. The van der Waals surface area contributed by atoms with Crippen LogP contribution in [0.5, 0.6) is 0 Å². The number of hydrogen-bond acceptors (Lipinski definition) is 3. The first-order valence-electron chi connectivity index (χ1n) is 6.89. The zero-order chi connectivity index (χ0) is 11.0. The third-order valence-electron chi connectivity index (χ3n) is 4.52. The zero-order valence-electron chi connectivity index (χ0n) is 10.3. The summed E-state index contributed by atoms with van der Waals surface area (Å²) in [4.78, 5) is 2.64. The van der Waals surface area contributed by atoms with E-state index in [0.29, 0.717) is 12.1 Å². The zero-order valence-corrected chi connectivity index (χ0v) is 10.3. The fourth-order valence-corrected chi connectivity index (χ4v) is 3.25. The van der Waals surface area contributed by atoms with E-state index >= 15 is 0 Å². The van der Waals surface area contributed by atoms with E-state index in [0.717, 1.165) is 25.1 Å². The molecule has 2 aliphatic heterocycles. The molecule has 2 saturated heterocycles. The molecule has 3 aliphatic rings. The minimum atomic E-state index is 0.431. The standard InChI is InChI=1S/C13H24N2O/c1-14-12(7-10-4-5-10)13-8-15-6-2-3-11(15)9-16-13/h10-14H,2-9H2,1H3. The third kappa shape index (κ3) is 2.27. The van der Waals surface area contributed by atoms with Crippen molar-refractivity contribution in [3.05, 3.63) is 0 Å². The van der Waals surface area contributed by atoms with E-state index < -0.39 is 0 Å². The number of nitrogens with zero attached hydrogens (tertiary/aromatic N) is 1. The van der Waals surface area contributed by atoms with Gasteiger partial charge in [-0.05, 0) is 38.8 Å². The van der Waals surface area contributed by atoms with Crippen molar-refractivity contribution in [2.45, 2.75) is 50.3 Å². The lowest BCUT2D eigenvalue weighted by molar-refractivity contribution is -0.0653. The van der Waals surface area contributed by atoms with Crippen LogP contribution in [0.4, 0.5) is 0 Å². The van der Waals surface area contributed by atoms with Crippen LogP contribution in [0.25, 0.3) is 0 Å². The molecule has 1 saturated carbocycles. The van der Waals surface area contributed by atoms with Gasteiger partial charge in [-0.1, -0.05) is 12.8 Å². The molecule has 92 valence electrons. The summed E-state index contributed by atoms with van der Waals surface area (Å²) in [5, 5.41) is 3.47. The van der Waals surface area contributed by atoms with E-state index in [1.54, 1.807) is 0 Å². The molecule has 3 rings (SSSR count). The Morgan fingerprint density at radius 2 is 2.25 bits per heavy atom. The van der Waals surface area contributed by atoms with Crippen molar-refractivity contribution in [2.24, 2.45) is 5.92 Å². The second kappa shape index (κ2) is 4.63. The lowest BCUT2D eigenvalue weighted by Gasteiger charge is -2.39. The highest BCUT2D eigenvalue weighted by Gasteiger charge is 2.37. The van der Waals surface area contributed by atoms with Gasteiger partial charge in [-0.3, -0.25) is 4.90 Å². The van der Waals surface area contributed by atoms with Gasteiger partial charge in [0.05, 0.1) is 12.7 Å². The highest BCUT2D eigenvalue weighted by atomic mass is 16.5. The Bertz CT molecular complexity index is 242. The Morgan fingerprint density at radius 3 is 3.00 bits per heavy atom. The number of morpholine rings is 1. The third-order valence-corrected chi connectivity index (χ3v) is 4.52. The lowest BCUT2D eigenvalue weighted by atomic mass is 10.0. The van der Waals surface area contributed by atoms with Crippen molar-refractivity contribution in [3.63, 3.8) is 0 Å². The summed E-state index contributed by atoms with van der Waals surface area (Å²) >= 11 is 0. The topological polar surface area (TPSA) is 24.5 Å². The van der Waals surface area contributed by atoms with Crippen molar-refractivity contribution in [2.75, 3.05) is 26.7 Å². The number of nitrogens with one attached hydrogen (secondary N) is 1. The van der Waals surface area contributed by atoms with Gasteiger partial charge >= 0.3 is 0 Å². The van der Waals surface area contributed by atoms with E-state index in [4.69, 9.17) is 4.74 Å². The second-order valence-electron chi connectivity index (χ2n) is 5.74. The number of ether oxygens (including phenoxy) is 1. The Kier molecular flexibility index (Phi) is 3.18. The van der Waals surface area contributed by atoms with Crippen LogP contribution in [-0.4, -0.2) is 49.8 Å². The summed E-state index contributed by atoms with van der Waals surface area (Å²) in [6.45, 7) is 3.42. The van der Waals surface area contributed by atoms with Crippen molar-refractivity contribution in [1.29, 1.82) is 0 Å². The van der Waals surface area contributed by atoms with Crippen LogP contribution in [0.2, 0.25) is 0 Å². The summed E-state index contributed by atoms with van der Waals surface area (Å²) in [6.07, 6.45) is 7.35. The van der Waals surface area contributed by atoms with Crippen LogP contribution >= 0.6 is 0 Å². The fraction of sp³-hybridized carbons (Fsp3) is 1.00. The van der Waals surface area contributed by atoms with Gasteiger partial charge in [-0.15, -0.1) is 0 Å². The monoisotopic (exact) mass is 224 g/mol. The van der Waals surface area contributed by atoms with Gasteiger partial charge in [0.25, 0.3) is 0 Å². The molecule has 0 bridgehead atoms. The van der Waals surface area contributed by atoms with Gasteiger partial charge in [0.1, 0.15) is 0 Å². The van der Waals surface area contributed by atoms with Crippen LogP contribution in [0.15, 0.2) is 0 Å². The summed E-state index contributed by atoms with van der Waals surface area (Å²) in [7, 11) is 2.09. The summed E-state index contributed by atoms with van der Waals surface area (Å²) in [5.74, 6) is 0.984. The molecule has 0 aromatic heterocycles. The Morgan fingerprint density at radius 1 is 1.38 bits per heavy atom. The van der Waals surface area contributed by atoms with Crippen molar-refractivity contribution in [1.82, 2.24) is 10.2 Å². The Hall–Kier alpha value is -0.120. The van der Waals surface area contributed by atoms with Crippen molar-refractivity contribution < 1.29 is 4.74 Å². The van der Waals surface area contributed by atoms with E-state index in [1.165, 1.54) is 38.6 Å². The molecule has 16 heavy (non-hydrogen) atoms. The molecule has 2 heterocycles. The normalized spacial score (nSPS) is 37.3. The fourth-order valence-electron chi connectivity index (χ4n) is 3.25. The molecule has 0 aromatic carbocycles. The Balaban J connectivity index is 1.56. The van der Waals surface area contributed by atoms with Gasteiger partial charge < -0.3 is 10.1 Å². The molecular weight excluding hydrogens is 200 g/mol. The van der Waals surface area contributed by atoms with E-state index in [-0.39, 0.29) is 0 Å². The first-order chi connectivity index (χ1) is 7.86. The maximum absolute atomic E-state index is 6.07. The summed E-state index contributed by atoms with van der Waals surface area (Å²) < 4.78 is 6.07. The first-order valence-corrected chi connectivity index (χ1v) is 6.89. The average molecular weight is 224 g/mol. The number of rotatable bonds is 4. The second-order valence-corrected chi connectivity index (χ2v) is 5.74. The Labute approximate surface area is 98.5 Å². The maximum Gasteiger partial charge on any atom is 0.0855 e. The SMILES string of the molecule is CNC(CC1CC1)C1CN2CCCC2CO1. The van der Waals surface area contributed by atoms with Gasteiger partial charge in [0.2, 0.25) is 0 Å². The van der Waals surface area contributed by atoms with Crippen molar-refractivity contribution in [3.8, 4) is 0 Å². The highest BCUT2D eigenvalue weighted by Crippen LogP contribution is 2.35. The van der Waals surface area contributed by atoms with E-state index in [2.05, 4.69) is 17.3 Å². The van der Waals surface area contributed by atoms with Gasteiger partial charge in [0.15, 0.2) is 0 Å². The smallest absolute Gasteiger partial charge is 0.0855 e. The summed E-state index contributed by atoms with van der Waals surface area (Å²) in [6, 6.07) is 1.31. The molecule has 0 spiro atoms. The van der Waals surface area contributed by atoms with E-state index in [1.807, 2.05) is 0 Å². The summed E-state index contributed by atoms with van der Waals surface area (Å²) in [5.41, 5.74) is 0. The highest BCUT2D eigenvalue weighted by molar-refractivity contribution is 4.92. The molecule has 0 aromatic rings. The number of fused-ring (bicyclic) bond motifs is 1. The largest absolute Gasteiger partial charge is 0.374 e. The maximum atomic E-state index is 6.07. The molecule has 3 heteroatoms. The van der Waals surface area contributed by atoms with Crippen LogP contribution in [0.1, 0.15) is 32.1 Å². The minimum absolute atomic E-state index is 0.431. The predicted molar refractivity (Wildman–Crippen MR) is 64.5 cm³/mol. The van der Waals surface area contributed by atoms with Crippen LogP contribution in [0.3, 0.4) is 0 Å². The van der Waals surface area contributed by atoms with Crippen molar-refractivity contribution >= 4 is 0 Å². The molecule has 3 atom stereocenters. The van der Waals surface area contributed by atoms with Crippen LogP contribution in [-0.2, 0) is 4.74 Å². The predicted octanol–water partition coefficient (Wildman–Crippen LogP) is 1.24. The molecule has 3 fully saturated rings. The van der Waals surface area contributed by atoms with E-state index in [9.17, 15) is 0 Å². The van der Waals surface area contributed by atoms with Gasteiger partial charge in [-0.2, -0.15) is 0 Å². The first kappa shape index (κ1) is 11.0. The van der Waals surface area contributed by atoms with Crippen LogP contribution in [0, 0.1) is 5.92 Å². The van der Waals surface area contributed by atoms with Gasteiger partial charge in [0, 0.05) is 18.6 Å². The number of hydrogen-bond donors (Lipinski definition) is 1. The van der Waals surface area contributed by atoms with Gasteiger partial charge in [-0.25, -0.2) is 0 Å².